The van der Waals surface area contributed by atoms with E-state index in [1.165, 1.54) is 17.7 Å². The topological polar surface area (TPSA) is 58.9 Å². The number of benzene rings is 1. The molecule has 3 rings (SSSR count). The van der Waals surface area contributed by atoms with Crippen LogP contribution >= 0.6 is 0 Å². The number of aromatic nitrogens is 1. The highest BCUT2D eigenvalue weighted by Crippen LogP contribution is 2.31. The van der Waals surface area contributed by atoms with Gasteiger partial charge < -0.3 is 4.98 Å². The molecule has 1 aliphatic carbocycles. The fourth-order valence-electron chi connectivity index (χ4n) is 2.35. The maximum Gasteiger partial charge on any atom is 0.271 e. The van der Waals surface area contributed by atoms with Crippen LogP contribution in [0.15, 0.2) is 18.2 Å². The van der Waals surface area contributed by atoms with Crippen molar-refractivity contribution in [3.05, 3.63) is 39.6 Å². The molecule has 2 aromatic rings. The largest absolute Gasteiger partial charge is 0.358 e. The summed E-state index contributed by atoms with van der Waals surface area (Å²) in [5.41, 5.74) is 3.65. The third kappa shape index (κ3) is 1.14. The van der Waals surface area contributed by atoms with E-state index in [0.29, 0.717) is 0 Å². The van der Waals surface area contributed by atoms with E-state index in [1.54, 1.807) is 12.1 Å². The second-order valence-corrected chi connectivity index (χ2v) is 3.92. The van der Waals surface area contributed by atoms with Crippen molar-refractivity contribution >= 4 is 16.6 Å². The van der Waals surface area contributed by atoms with Crippen molar-refractivity contribution in [3.8, 4) is 0 Å². The number of fused-ring (bicyclic) bond motifs is 3. The Balaban J connectivity index is 2.26. The first kappa shape index (κ1) is 8.47. The first-order valence-corrected chi connectivity index (χ1v) is 5.03. The molecule has 1 aromatic heterocycles. The Hall–Kier alpha value is -1.84. The molecule has 0 bridgehead atoms. The Morgan fingerprint density at radius 3 is 3.00 bits per heavy atom. The standard InChI is InChI=1S/C11H10N2O2/c14-13(15)7-4-5-9-8-2-1-3-10(8)12-11(9)6-7/h4-6,12H,1-3H2. The SMILES string of the molecule is O=[N+]([O-])c1ccc2c3c([nH]c2c1)CCC3. The number of hydrogen-bond acceptors (Lipinski definition) is 2. The second kappa shape index (κ2) is 2.82. The van der Waals surface area contributed by atoms with Crippen molar-refractivity contribution in [2.24, 2.45) is 0 Å². The van der Waals surface area contributed by atoms with Crippen LogP contribution < -0.4 is 0 Å². The molecule has 76 valence electrons. The molecule has 0 saturated carbocycles. The van der Waals surface area contributed by atoms with Gasteiger partial charge in [-0.15, -0.1) is 0 Å². The van der Waals surface area contributed by atoms with Gasteiger partial charge in [-0.1, -0.05) is 0 Å². The van der Waals surface area contributed by atoms with Crippen molar-refractivity contribution in [2.75, 3.05) is 0 Å². The van der Waals surface area contributed by atoms with Crippen LogP contribution in [0.4, 0.5) is 5.69 Å². The molecule has 1 aliphatic rings. The van der Waals surface area contributed by atoms with Gasteiger partial charge in [0.2, 0.25) is 0 Å². The third-order valence-corrected chi connectivity index (χ3v) is 3.04. The lowest BCUT2D eigenvalue weighted by atomic mass is 10.1. The molecule has 1 N–H and O–H groups in total. The molecule has 0 amide bonds. The van der Waals surface area contributed by atoms with Crippen LogP contribution in [0.25, 0.3) is 10.9 Å². The van der Waals surface area contributed by atoms with Crippen LogP contribution in [-0.4, -0.2) is 9.91 Å². The molecule has 0 atom stereocenters. The van der Waals surface area contributed by atoms with Crippen LogP contribution in [-0.2, 0) is 12.8 Å². The Morgan fingerprint density at radius 1 is 1.33 bits per heavy atom. The maximum absolute atomic E-state index is 10.6. The number of hydrogen-bond donors (Lipinski definition) is 1. The first-order valence-electron chi connectivity index (χ1n) is 5.03. The fraction of sp³-hybridized carbons (Fsp3) is 0.273. The summed E-state index contributed by atoms with van der Waals surface area (Å²) in [5.74, 6) is 0. The predicted octanol–water partition coefficient (Wildman–Crippen LogP) is 2.56. The van der Waals surface area contributed by atoms with Gasteiger partial charge in [0.25, 0.3) is 5.69 Å². The molecular formula is C11H10N2O2. The highest BCUT2D eigenvalue weighted by atomic mass is 16.6. The molecule has 0 unspecified atom stereocenters. The molecule has 0 fully saturated rings. The zero-order chi connectivity index (χ0) is 10.4. The van der Waals surface area contributed by atoms with E-state index in [2.05, 4.69) is 4.98 Å². The number of nitrogens with zero attached hydrogens (tertiary/aromatic N) is 1. The lowest BCUT2D eigenvalue weighted by Crippen LogP contribution is -1.87. The van der Waals surface area contributed by atoms with Crippen molar-refractivity contribution in [1.29, 1.82) is 0 Å². The number of nitrogens with one attached hydrogen (secondary N) is 1. The van der Waals surface area contributed by atoms with Crippen molar-refractivity contribution in [2.45, 2.75) is 19.3 Å². The average Bonchev–Trinajstić information content (AvgIpc) is 2.75. The number of non-ortho nitro benzene ring substituents is 1. The monoisotopic (exact) mass is 202 g/mol. The summed E-state index contributed by atoms with van der Waals surface area (Å²) in [6.45, 7) is 0. The summed E-state index contributed by atoms with van der Waals surface area (Å²) in [4.78, 5) is 13.5. The van der Waals surface area contributed by atoms with Crippen LogP contribution in [0, 0.1) is 10.1 Å². The normalized spacial score (nSPS) is 14.4. The highest BCUT2D eigenvalue weighted by Gasteiger charge is 2.18. The summed E-state index contributed by atoms with van der Waals surface area (Å²) < 4.78 is 0. The lowest BCUT2D eigenvalue weighted by molar-refractivity contribution is -0.384. The summed E-state index contributed by atoms with van der Waals surface area (Å²) in [6.07, 6.45) is 3.35. The van der Waals surface area contributed by atoms with E-state index in [-0.39, 0.29) is 10.6 Å². The van der Waals surface area contributed by atoms with Gasteiger partial charge in [0.1, 0.15) is 0 Å². The number of nitro groups is 1. The van der Waals surface area contributed by atoms with Gasteiger partial charge in [-0.3, -0.25) is 10.1 Å². The van der Waals surface area contributed by atoms with Gasteiger partial charge in [0.05, 0.1) is 10.4 Å². The number of aryl methyl sites for hydroxylation is 2. The summed E-state index contributed by atoms with van der Waals surface area (Å²) >= 11 is 0. The van der Waals surface area contributed by atoms with Crippen molar-refractivity contribution < 1.29 is 4.92 Å². The molecule has 1 aromatic carbocycles. The molecular weight excluding hydrogens is 192 g/mol. The molecule has 0 aliphatic heterocycles. The minimum absolute atomic E-state index is 0.155. The molecule has 0 saturated heterocycles. The minimum Gasteiger partial charge on any atom is -0.358 e. The van der Waals surface area contributed by atoms with Gasteiger partial charge in [-0.05, 0) is 30.9 Å². The second-order valence-electron chi connectivity index (χ2n) is 3.92. The quantitative estimate of drug-likeness (QED) is 0.570. The number of nitro benzene ring substituents is 1. The Bertz CT molecular complexity index is 557. The lowest BCUT2D eigenvalue weighted by Gasteiger charge is -1.94. The molecule has 4 heteroatoms. The zero-order valence-corrected chi connectivity index (χ0v) is 8.12. The predicted molar refractivity (Wildman–Crippen MR) is 57.0 cm³/mol. The smallest absolute Gasteiger partial charge is 0.271 e. The molecule has 0 spiro atoms. The third-order valence-electron chi connectivity index (χ3n) is 3.04. The Labute approximate surface area is 86.1 Å². The molecule has 1 heterocycles. The maximum atomic E-state index is 10.6. The number of rotatable bonds is 1. The van der Waals surface area contributed by atoms with Gasteiger partial charge in [-0.25, -0.2) is 0 Å². The van der Waals surface area contributed by atoms with E-state index in [9.17, 15) is 10.1 Å². The van der Waals surface area contributed by atoms with Crippen LogP contribution in [0.1, 0.15) is 17.7 Å². The van der Waals surface area contributed by atoms with Gasteiger partial charge in [0, 0.05) is 23.2 Å². The van der Waals surface area contributed by atoms with Gasteiger partial charge >= 0.3 is 0 Å². The number of H-pyrrole nitrogens is 1. The highest BCUT2D eigenvalue weighted by molar-refractivity contribution is 5.87. The summed E-state index contributed by atoms with van der Waals surface area (Å²) in [6, 6.07) is 5.05. The van der Waals surface area contributed by atoms with E-state index in [0.717, 1.165) is 23.7 Å². The van der Waals surface area contributed by atoms with E-state index in [4.69, 9.17) is 0 Å². The average molecular weight is 202 g/mol. The Kier molecular flexibility index (Phi) is 1.59. The van der Waals surface area contributed by atoms with Gasteiger partial charge in [-0.2, -0.15) is 0 Å². The van der Waals surface area contributed by atoms with E-state index in [1.807, 2.05) is 6.07 Å². The van der Waals surface area contributed by atoms with E-state index < -0.39 is 0 Å². The van der Waals surface area contributed by atoms with E-state index >= 15 is 0 Å². The Morgan fingerprint density at radius 2 is 2.20 bits per heavy atom. The zero-order valence-electron chi connectivity index (χ0n) is 8.12. The van der Waals surface area contributed by atoms with Crippen LogP contribution in [0.5, 0.6) is 0 Å². The molecule has 0 radical (unpaired) electrons. The minimum atomic E-state index is -0.356. The molecule has 4 nitrogen and oxygen atoms in total. The number of aromatic amines is 1. The van der Waals surface area contributed by atoms with Crippen LogP contribution in [0.2, 0.25) is 0 Å². The van der Waals surface area contributed by atoms with Crippen LogP contribution in [0.3, 0.4) is 0 Å². The summed E-state index contributed by atoms with van der Waals surface area (Å²) in [7, 11) is 0. The summed E-state index contributed by atoms with van der Waals surface area (Å²) in [5, 5.41) is 11.8. The first-order chi connectivity index (χ1) is 7.25. The fourth-order valence-corrected chi connectivity index (χ4v) is 2.35. The van der Waals surface area contributed by atoms with Crippen molar-refractivity contribution in [3.63, 3.8) is 0 Å². The van der Waals surface area contributed by atoms with Gasteiger partial charge in [0.15, 0.2) is 0 Å². The molecule has 15 heavy (non-hydrogen) atoms. The van der Waals surface area contributed by atoms with Crippen molar-refractivity contribution in [1.82, 2.24) is 4.98 Å².